The molecule has 44 heavy (non-hydrogen) atoms. The highest BCUT2D eigenvalue weighted by atomic mass is 16.5. The summed E-state index contributed by atoms with van der Waals surface area (Å²) in [5, 5.41) is 16.3. The highest BCUT2D eigenvalue weighted by Crippen LogP contribution is 2.44. The van der Waals surface area contributed by atoms with Gasteiger partial charge in [0.15, 0.2) is 11.9 Å². The number of hydrogen-bond donors (Lipinski definition) is 7. The fourth-order valence-corrected chi connectivity index (χ4v) is 7.58. The van der Waals surface area contributed by atoms with Crippen LogP contribution in [0.1, 0.15) is 86.5 Å². The summed E-state index contributed by atoms with van der Waals surface area (Å²) >= 11 is 0. The molecule has 0 heterocycles. The van der Waals surface area contributed by atoms with Gasteiger partial charge in [-0.3, -0.25) is 19.2 Å². The largest absolute Gasteiger partial charge is 0.481 e. The van der Waals surface area contributed by atoms with Gasteiger partial charge in [0.05, 0.1) is 23.9 Å². The molecule has 1 unspecified atom stereocenters. The summed E-state index contributed by atoms with van der Waals surface area (Å²) in [6, 6.07) is -1.95. The van der Waals surface area contributed by atoms with Crippen molar-refractivity contribution < 1.29 is 29.0 Å². The third-order valence-corrected chi connectivity index (χ3v) is 9.55. The predicted molar refractivity (Wildman–Crippen MR) is 168 cm³/mol. The normalized spacial score (nSPS) is 27.8. The molecule has 0 aromatic heterocycles. The minimum absolute atomic E-state index is 0.0370. The zero-order chi connectivity index (χ0) is 33.3. The Morgan fingerprint density at radius 1 is 0.773 bits per heavy atom. The molecule has 2 aliphatic rings. The van der Waals surface area contributed by atoms with Gasteiger partial charge >= 0.3 is 11.9 Å². The Hall–Kier alpha value is -3.58. The van der Waals surface area contributed by atoms with Crippen molar-refractivity contribution >= 4 is 35.7 Å². The summed E-state index contributed by atoms with van der Waals surface area (Å²) < 4.78 is 6.15. The number of nitrogens with zero attached hydrogens (tertiary/aromatic N) is 2. The lowest BCUT2D eigenvalue weighted by Crippen LogP contribution is -2.52. The quantitative estimate of drug-likeness (QED) is 0.0768. The summed E-state index contributed by atoms with van der Waals surface area (Å²) in [7, 11) is 0. The molecule has 0 saturated heterocycles. The molecule has 0 aliphatic heterocycles. The minimum Gasteiger partial charge on any atom is -0.481 e. The molecule has 14 nitrogen and oxygen atoms in total. The van der Waals surface area contributed by atoms with Gasteiger partial charge in [0, 0.05) is 37.8 Å². The van der Waals surface area contributed by atoms with E-state index < -0.39 is 53.9 Å². The summed E-state index contributed by atoms with van der Waals surface area (Å²) in [6.45, 7) is 10.9. The van der Waals surface area contributed by atoms with Gasteiger partial charge in [-0.15, -0.1) is 0 Å². The van der Waals surface area contributed by atoms with E-state index in [1.807, 2.05) is 27.7 Å². The molecule has 0 aromatic carbocycles. The second-order valence-corrected chi connectivity index (χ2v) is 12.3. The van der Waals surface area contributed by atoms with Gasteiger partial charge < -0.3 is 43.4 Å². The number of aliphatic imine (C=N–C) groups is 2. The Kier molecular flexibility index (Phi) is 13.7. The third kappa shape index (κ3) is 9.21. The summed E-state index contributed by atoms with van der Waals surface area (Å²) in [5.74, 6) is -5.13. The third-order valence-electron chi connectivity index (χ3n) is 9.55. The van der Waals surface area contributed by atoms with Gasteiger partial charge in [-0.25, -0.2) is 9.98 Å². The highest BCUT2D eigenvalue weighted by molar-refractivity contribution is 5.79. The van der Waals surface area contributed by atoms with Crippen molar-refractivity contribution in [2.24, 2.45) is 68.4 Å². The predicted octanol–water partition coefficient (Wildman–Crippen LogP) is 0.811. The lowest BCUT2D eigenvalue weighted by Gasteiger charge is -2.37. The monoisotopic (exact) mass is 622 g/mol. The molecular weight excluding hydrogens is 568 g/mol. The molecule has 2 rings (SSSR count). The molecule has 2 aliphatic carbocycles. The van der Waals surface area contributed by atoms with E-state index >= 15 is 0 Å². The van der Waals surface area contributed by atoms with E-state index in [-0.39, 0.29) is 60.4 Å². The van der Waals surface area contributed by atoms with Crippen LogP contribution in [0.15, 0.2) is 9.98 Å². The number of aliphatic carboxylic acids is 1. The second-order valence-electron chi connectivity index (χ2n) is 12.3. The van der Waals surface area contributed by atoms with E-state index in [1.165, 1.54) is 13.8 Å². The van der Waals surface area contributed by atoms with E-state index in [0.29, 0.717) is 19.3 Å². The maximum atomic E-state index is 13.9. The molecule has 9 atom stereocenters. The van der Waals surface area contributed by atoms with Crippen LogP contribution < -0.4 is 33.6 Å². The van der Waals surface area contributed by atoms with Crippen molar-refractivity contribution in [1.29, 1.82) is 0 Å². The van der Waals surface area contributed by atoms with Crippen LogP contribution >= 0.6 is 0 Å². The van der Waals surface area contributed by atoms with Crippen LogP contribution in [-0.2, 0) is 23.9 Å². The lowest BCUT2D eigenvalue weighted by atomic mass is 9.80. The number of esters is 1. The van der Waals surface area contributed by atoms with Gasteiger partial charge in [0.2, 0.25) is 11.8 Å². The number of nitrogens with two attached hydrogens (primary N) is 4. The first kappa shape index (κ1) is 36.6. The van der Waals surface area contributed by atoms with Crippen molar-refractivity contribution in [3.63, 3.8) is 0 Å². The molecule has 0 bridgehead atoms. The maximum Gasteiger partial charge on any atom is 0.310 e. The van der Waals surface area contributed by atoms with Gasteiger partial charge in [0.1, 0.15) is 6.10 Å². The van der Waals surface area contributed by atoms with E-state index in [1.54, 1.807) is 0 Å². The number of rotatable bonds is 15. The Bertz CT molecular complexity index is 1070. The van der Waals surface area contributed by atoms with Crippen molar-refractivity contribution in [1.82, 2.24) is 10.6 Å². The number of carboxylic acids is 1. The van der Waals surface area contributed by atoms with Crippen molar-refractivity contribution in [3.8, 4) is 0 Å². The van der Waals surface area contributed by atoms with E-state index in [4.69, 9.17) is 27.7 Å². The minimum atomic E-state index is -1.14. The molecule has 0 aromatic rings. The van der Waals surface area contributed by atoms with Crippen molar-refractivity contribution in [2.45, 2.75) is 117 Å². The molecule has 0 radical (unpaired) electrons. The van der Waals surface area contributed by atoms with Crippen molar-refractivity contribution in [2.75, 3.05) is 0 Å². The van der Waals surface area contributed by atoms with E-state index in [0.717, 1.165) is 12.8 Å². The van der Waals surface area contributed by atoms with Crippen LogP contribution in [0.4, 0.5) is 0 Å². The van der Waals surface area contributed by atoms with Crippen LogP contribution in [0.25, 0.3) is 0 Å². The molecule has 2 saturated carbocycles. The van der Waals surface area contributed by atoms with Gasteiger partial charge in [-0.05, 0) is 31.1 Å². The average molecular weight is 623 g/mol. The molecule has 11 N–H and O–H groups in total. The van der Waals surface area contributed by atoms with Crippen LogP contribution in [0.2, 0.25) is 0 Å². The molecular formula is C30H54N8O6. The Morgan fingerprint density at radius 3 is 1.70 bits per heavy atom. The standard InChI is InChI=1S/C30H54N8O6/c1-7-16(8-2)24(35-14(5)39)19-11-18(12-21(19)37-29(31)32)28(43)44-26-20(27(41)42)13-22(38-30(33)34)23(26)25(36-15(6)40)17(9-3)10-4/h16-26H,7-13H2,1-6H3,(H,35,39)(H,36,40)(H,41,42)(H4,31,32,37)(H4,33,34,38)/t18-,19-,20+,21-,22-,23-,24?,25+,26-/m1/s1. The highest BCUT2D eigenvalue weighted by Gasteiger charge is 2.55. The fraction of sp³-hybridized carbons (Fsp3) is 0.800. The second kappa shape index (κ2) is 16.5. The van der Waals surface area contributed by atoms with Gasteiger partial charge in [0.25, 0.3) is 0 Å². The van der Waals surface area contributed by atoms with Gasteiger partial charge in [-0.1, -0.05) is 53.4 Å². The Morgan fingerprint density at radius 2 is 1.25 bits per heavy atom. The Labute approximate surface area is 260 Å². The average Bonchev–Trinajstić information content (AvgIpc) is 3.49. The Balaban J connectivity index is 2.53. The molecule has 0 spiro atoms. The number of guanidine groups is 2. The SMILES string of the molecule is CCC(CC)C(NC(C)=O)[C@@H]1C[C@@H](C(=O)O[C@H]2[C@@H]([C@@H](NC(C)=O)C(CC)CC)[C@H](N=C(N)N)C[C@@H]2C(=O)O)C[C@H]1N=C(N)N. The van der Waals surface area contributed by atoms with Gasteiger partial charge in [-0.2, -0.15) is 0 Å². The number of carboxylic acid groups (broad SMARTS) is 1. The maximum absolute atomic E-state index is 13.9. The first-order valence-corrected chi connectivity index (χ1v) is 15.8. The number of carbonyl (C=O) groups excluding carboxylic acids is 3. The molecule has 2 fully saturated rings. The number of hydrogen-bond acceptors (Lipinski definition) is 7. The van der Waals surface area contributed by atoms with Crippen LogP contribution in [-0.4, -0.2) is 71.0 Å². The zero-order valence-electron chi connectivity index (χ0n) is 27.0. The van der Waals surface area contributed by atoms with Crippen molar-refractivity contribution in [3.05, 3.63) is 0 Å². The van der Waals surface area contributed by atoms with Crippen LogP contribution in [0.5, 0.6) is 0 Å². The first-order valence-electron chi connectivity index (χ1n) is 15.8. The number of amides is 2. The summed E-state index contributed by atoms with van der Waals surface area (Å²) in [4.78, 5) is 59.8. The molecule has 14 heteroatoms. The van der Waals surface area contributed by atoms with E-state index in [9.17, 15) is 24.3 Å². The summed E-state index contributed by atoms with van der Waals surface area (Å²) in [5.41, 5.74) is 23.0. The molecule has 2 amide bonds. The lowest BCUT2D eigenvalue weighted by molar-refractivity contribution is -0.163. The zero-order valence-corrected chi connectivity index (χ0v) is 27.0. The van der Waals surface area contributed by atoms with Crippen LogP contribution in [0, 0.1) is 35.5 Å². The van der Waals surface area contributed by atoms with E-state index in [2.05, 4.69) is 20.6 Å². The summed E-state index contributed by atoms with van der Waals surface area (Å²) in [6.07, 6.45) is 2.54. The molecule has 250 valence electrons. The fourth-order valence-electron chi connectivity index (χ4n) is 7.58. The van der Waals surface area contributed by atoms with Crippen LogP contribution in [0.3, 0.4) is 0 Å². The number of ether oxygens (including phenoxy) is 1. The number of carbonyl (C=O) groups is 4. The smallest absolute Gasteiger partial charge is 0.310 e. The number of nitrogens with one attached hydrogen (secondary N) is 2. The topological polar surface area (TPSA) is 251 Å². The first-order chi connectivity index (χ1) is 20.7.